The minimum atomic E-state index is -0.620. The number of nitrogens with two attached hydrogens (primary N) is 1. The van der Waals surface area contributed by atoms with Crippen molar-refractivity contribution in [1.82, 2.24) is 0 Å². The number of carbonyl (C=O) groups excluding carboxylic acids is 1. The summed E-state index contributed by atoms with van der Waals surface area (Å²) in [6, 6.07) is 4.63. The summed E-state index contributed by atoms with van der Waals surface area (Å²) in [5.41, 5.74) is 6.49. The number of nitrogens with zero attached hydrogens (tertiary/aromatic N) is 1. The largest absolute Gasteiger partial charge is 0.469 e. The molecule has 1 atom stereocenters. The Morgan fingerprint density at radius 1 is 1.53 bits per heavy atom. The van der Waals surface area contributed by atoms with Crippen LogP contribution in [0.15, 0.2) is 18.2 Å². The Labute approximate surface area is 100 Å². The molecular formula is C12H17FN2O2. The van der Waals surface area contributed by atoms with Crippen LogP contribution >= 0.6 is 0 Å². The van der Waals surface area contributed by atoms with Gasteiger partial charge in [0.2, 0.25) is 0 Å². The maximum absolute atomic E-state index is 13.7. The Morgan fingerprint density at radius 2 is 2.18 bits per heavy atom. The Morgan fingerprint density at radius 3 is 2.59 bits per heavy atom. The van der Waals surface area contributed by atoms with Crippen molar-refractivity contribution < 1.29 is 13.9 Å². The first-order valence-electron chi connectivity index (χ1n) is 5.26. The van der Waals surface area contributed by atoms with Crippen LogP contribution in [0.4, 0.5) is 10.1 Å². The molecule has 1 rings (SSSR count). The molecule has 2 N–H and O–H groups in total. The van der Waals surface area contributed by atoms with E-state index in [-0.39, 0.29) is 12.4 Å². The fourth-order valence-electron chi connectivity index (χ4n) is 1.61. The monoisotopic (exact) mass is 240 g/mol. The summed E-state index contributed by atoms with van der Waals surface area (Å²) in [5.74, 6) is -1.45. The Kier molecular flexibility index (Phi) is 4.45. The molecule has 0 saturated heterocycles. The van der Waals surface area contributed by atoms with Crippen LogP contribution in [-0.4, -0.2) is 33.7 Å². The molecule has 94 valence electrons. The van der Waals surface area contributed by atoms with Gasteiger partial charge in [-0.05, 0) is 17.7 Å². The summed E-state index contributed by atoms with van der Waals surface area (Å²) < 4.78 is 18.4. The van der Waals surface area contributed by atoms with Gasteiger partial charge in [-0.2, -0.15) is 0 Å². The molecule has 0 amide bonds. The summed E-state index contributed by atoms with van der Waals surface area (Å²) in [7, 11) is 4.78. The molecule has 17 heavy (non-hydrogen) atoms. The van der Waals surface area contributed by atoms with E-state index in [1.165, 1.54) is 13.2 Å². The third-order valence-corrected chi connectivity index (χ3v) is 2.58. The van der Waals surface area contributed by atoms with Crippen LogP contribution in [0.2, 0.25) is 0 Å². The predicted molar refractivity (Wildman–Crippen MR) is 64.5 cm³/mol. The molecule has 0 fully saturated rings. The quantitative estimate of drug-likeness (QED) is 0.801. The summed E-state index contributed by atoms with van der Waals surface area (Å²) in [4.78, 5) is 13.1. The number of rotatable bonds is 4. The molecule has 0 bridgehead atoms. The van der Waals surface area contributed by atoms with Crippen molar-refractivity contribution in [2.45, 2.75) is 5.92 Å². The smallest absolute Gasteiger partial charge is 0.314 e. The third kappa shape index (κ3) is 2.94. The van der Waals surface area contributed by atoms with Crippen molar-refractivity contribution >= 4 is 11.7 Å². The number of ether oxygens (including phenoxy) is 1. The first-order valence-corrected chi connectivity index (χ1v) is 5.26. The molecule has 0 spiro atoms. The van der Waals surface area contributed by atoms with Gasteiger partial charge in [0.05, 0.1) is 18.7 Å². The van der Waals surface area contributed by atoms with E-state index < -0.39 is 11.9 Å². The van der Waals surface area contributed by atoms with Gasteiger partial charge >= 0.3 is 5.97 Å². The lowest BCUT2D eigenvalue weighted by Gasteiger charge is -2.17. The van der Waals surface area contributed by atoms with E-state index in [0.717, 1.165) is 0 Å². The molecule has 0 aliphatic rings. The van der Waals surface area contributed by atoms with E-state index in [2.05, 4.69) is 4.74 Å². The minimum Gasteiger partial charge on any atom is -0.469 e. The zero-order valence-corrected chi connectivity index (χ0v) is 10.2. The van der Waals surface area contributed by atoms with Gasteiger partial charge in [0, 0.05) is 20.6 Å². The molecule has 1 aromatic rings. The van der Waals surface area contributed by atoms with Gasteiger partial charge in [-0.3, -0.25) is 4.79 Å². The topological polar surface area (TPSA) is 55.6 Å². The second-order valence-electron chi connectivity index (χ2n) is 3.92. The predicted octanol–water partition coefficient (Wildman–Crippen LogP) is 1.11. The maximum atomic E-state index is 13.7. The number of methoxy groups -OCH3 is 1. The second-order valence-corrected chi connectivity index (χ2v) is 3.92. The van der Waals surface area contributed by atoms with Crippen molar-refractivity contribution in [2.75, 3.05) is 32.6 Å². The highest BCUT2D eigenvalue weighted by Gasteiger charge is 2.21. The van der Waals surface area contributed by atoms with Crippen LogP contribution in [0.5, 0.6) is 0 Å². The molecule has 1 aromatic carbocycles. The average molecular weight is 240 g/mol. The van der Waals surface area contributed by atoms with E-state index in [4.69, 9.17) is 5.73 Å². The van der Waals surface area contributed by atoms with E-state index in [9.17, 15) is 9.18 Å². The molecular weight excluding hydrogens is 223 g/mol. The van der Waals surface area contributed by atoms with Crippen molar-refractivity contribution in [3.8, 4) is 0 Å². The van der Waals surface area contributed by atoms with Crippen LogP contribution < -0.4 is 10.6 Å². The van der Waals surface area contributed by atoms with Crippen LogP contribution in [0, 0.1) is 5.82 Å². The Hall–Kier alpha value is -1.62. The molecule has 1 unspecified atom stereocenters. The van der Waals surface area contributed by atoms with Gasteiger partial charge in [-0.1, -0.05) is 6.07 Å². The van der Waals surface area contributed by atoms with Crippen molar-refractivity contribution in [3.05, 3.63) is 29.6 Å². The average Bonchev–Trinajstić information content (AvgIpc) is 2.29. The number of halogens is 1. The van der Waals surface area contributed by atoms with Crippen LogP contribution in [0.1, 0.15) is 11.5 Å². The molecule has 0 radical (unpaired) electrons. The first kappa shape index (κ1) is 13.4. The van der Waals surface area contributed by atoms with Crippen LogP contribution in [-0.2, 0) is 9.53 Å². The van der Waals surface area contributed by atoms with E-state index in [0.29, 0.717) is 11.3 Å². The highest BCUT2D eigenvalue weighted by Crippen LogP contribution is 2.23. The van der Waals surface area contributed by atoms with Crippen molar-refractivity contribution in [2.24, 2.45) is 5.73 Å². The first-order chi connectivity index (χ1) is 8.01. The number of anilines is 1. The maximum Gasteiger partial charge on any atom is 0.314 e. The third-order valence-electron chi connectivity index (χ3n) is 2.58. The second kappa shape index (κ2) is 5.63. The summed E-state index contributed by atoms with van der Waals surface area (Å²) in [6.45, 7) is 0.0907. The SMILES string of the molecule is COC(=O)C(CN)c1ccc(N(C)C)c(F)c1. The summed E-state index contributed by atoms with van der Waals surface area (Å²) >= 11 is 0. The fourth-order valence-corrected chi connectivity index (χ4v) is 1.61. The lowest BCUT2D eigenvalue weighted by Crippen LogP contribution is -2.23. The van der Waals surface area contributed by atoms with E-state index in [1.54, 1.807) is 31.1 Å². The number of hydrogen-bond donors (Lipinski definition) is 1. The highest BCUT2D eigenvalue weighted by atomic mass is 19.1. The number of esters is 1. The standard InChI is InChI=1S/C12H17FN2O2/c1-15(2)11-5-4-8(6-10(11)13)9(7-14)12(16)17-3/h4-6,9H,7,14H2,1-3H3. The molecule has 0 aliphatic heterocycles. The highest BCUT2D eigenvalue weighted by molar-refractivity contribution is 5.78. The van der Waals surface area contributed by atoms with Gasteiger partial charge in [0.15, 0.2) is 0 Å². The van der Waals surface area contributed by atoms with Crippen molar-refractivity contribution in [3.63, 3.8) is 0 Å². The van der Waals surface area contributed by atoms with E-state index >= 15 is 0 Å². The number of benzene rings is 1. The Balaban J connectivity index is 3.07. The molecule has 0 aliphatic carbocycles. The molecule has 5 heteroatoms. The van der Waals surface area contributed by atoms with Gasteiger partial charge in [-0.15, -0.1) is 0 Å². The molecule has 0 saturated carbocycles. The number of hydrogen-bond acceptors (Lipinski definition) is 4. The van der Waals surface area contributed by atoms with Crippen molar-refractivity contribution in [1.29, 1.82) is 0 Å². The lowest BCUT2D eigenvalue weighted by atomic mass is 9.99. The normalized spacial score (nSPS) is 12.1. The fraction of sp³-hybridized carbons (Fsp3) is 0.417. The van der Waals surface area contributed by atoms with Gasteiger partial charge in [0.1, 0.15) is 5.82 Å². The van der Waals surface area contributed by atoms with Crippen LogP contribution in [0.25, 0.3) is 0 Å². The van der Waals surface area contributed by atoms with Gasteiger partial charge < -0.3 is 15.4 Å². The number of carbonyl (C=O) groups is 1. The zero-order valence-electron chi connectivity index (χ0n) is 10.2. The summed E-state index contributed by atoms with van der Waals surface area (Å²) in [6.07, 6.45) is 0. The molecule has 0 heterocycles. The van der Waals surface area contributed by atoms with Gasteiger partial charge in [-0.25, -0.2) is 4.39 Å². The zero-order chi connectivity index (χ0) is 13.0. The molecule has 0 aromatic heterocycles. The van der Waals surface area contributed by atoms with E-state index in [1.807, 2.05) is 0 Å². The lowest BCUT2D eigenvalue weighted by molar-refractivity contribution is -0.142. The minimum absolute atomic E-state index is 0.0907. The Bertz CT molecular complexity index is 407. The van der Waals surface area contributed by atoms with Gasteiger partial charge in [0.25, 0.3) is 0 Å². The molecule has 4 nitrogen and oxygen atoms in total. The summed E-state index contributed by atoms with van der Waals surface area (Å²) in [5, 5.41) is 0. The van der Waals surface area contributed by atoms with Crippen LogP contribution in [0.3, 0.4) is 0 Å².